The van der Waals surface area contributed by atoms with Gasteiger partial charge in [-0.1, -0.05) is 0 Å². The number of hydrogen-bond donors (Lipinski definition) is 0. The van der Waals surface area contributed by atoms with E-state index >= 15 is 0 Å². The monoisotopic (exact) mass is 255 g/mol. The predicted octanol–water partition coefficient (Wildman–Crippen LogP) is 3.13. The van der Waals surface area contributed by atoms with Crippen molar-refractivity contribution >= 4 is 17.0 Å². The van der Waals surface area contributed by atoms with E-state index in [9.17, 15) is 0 Å². The molecule has 0 aromatic heterocycles. The Kier molecular flexibility index (Phi) is 16.2. The van der Waals surface area contributed by atoms with Crippen molar-refractivity contribution in [3.05, 3.63) is 0 Å². The fourth-order valence-electron chi connectivity index (χ4n) is 0.808. The molecule has 0 aromatic rings. The van der Waals surface area contributed by atoms with Crippen LogP contribution in [0.25, 0.3) is 0 Å². The van der Waals surface area contributed by atoms with Gasteiger partial charge in [0.05, 0.1) is 0 Å². The summed E-state index contributed by atoms with van der Waals surface area (Å²) < 4.78 is 2.33. The maximum atomic E-state index is 8.26. The molecule has 0 rings (SSSR count). The summed E-state index contributed by atoms with van der Waals surface area (Å²) >= 11 is -0.665. The van der Waals surface area contributed by atoms with Crippen LogP contribution in [-0.2, 0) is 17.1 Å². The van der Waals surface area contributed by atoms with Crippen LogP contribution in [0, 0.1) is 9.93 Å². The van der Waals surface area contributed by atoms with Gasteiger partial charge < -0.3 is 0 Å². The molecule has 1 nitrogen and oxygen atoms in total. The van der Waals surface area contributed by atoms with E-state index in [1.807, 2.05) is 0 Å². The standard InChI is InChI=1S/C6H13.CN.BrH.Zn/c1-3-5-6-4-2;1-2;;/h1,3-6H2,2H3;;1H;. The molecular formula is C7H14BrNZn. The van der Waals surface area contributed by atoms with Gasteiger partial charge in [0, 0.05) is 0 Å². The molecule has 0 bridgehead atoms. The van der Waals surface area contributed by atoms with Crippen molar-refractivity contribution in [3.8, 4) is 4.66 Å². The summed E-state index contributed by atoms with van der Waals surface area (Å²) in [4.78, 5) is 0. The van der Waals surface area contributed by atoms with Crippen molar-refractivity contribution in [2.45, 2.75) is 37.6 Å². The Labute approximate surface area is 81.6 Å². The SMILES string of the molecule is Br.CCCCC[CH2][Zn][C]#N. The van der Waals surface area contributed by atoms with Gasteiger partial charge in [-0.05, 0) is 0 Å². The summed E-state index contributed by atoms with van der Waals surface area (Å²) in [5.41, 5.74) is 0. The molecule has 0 spiro atoms. The Hall–Kier alpha value is 0.593. The van der Waals surface area contributed by atoms with Crippen molar-refractivity contribution in [3.63, 3.8) is 0 Å². The molecular weight excluding hydrogens is 243 g/mol. The Balaban J connectivity index is 0. The normalized spacial score (nSPS) is 7.20. The Morgan fingerprint density at radius 2 is 2.00 bits per heavy atom. The minimum atomic E-state index is -0.665. The summed E-state index contributed by atoms with van der Waals surface area (Å²) in [6.45, 7) is 2.21. The topological polar surface area (TPSA) is 23.8 Å². The molecule has 0 fully saturated rings. The molecule has 0 N–H and O–H groups in total. The zero-order valence-corrected chi connectivity index (χ0v) is 11.3. The third kappa shape index (κ3) is 11.4. The zero-order valence-electron chi connectivity index (χ0n) is 6.60. The van der Waals surface area contributed by atoms with Crippen LogP contribution in [-0.4, -0.2) is 0 Å². The molecule has 0 saturated carbocycles. The molecule has 0 aliphatic carbocycles. The zero-order chi connectivity index (χ0) is 6.95. The van der Waals surface area contributed by atoms with Gasteiger partial charge in [-0.25, -0.2) is 0 Å². The molecule has 0 saturated heterocycles. The minimum absolute atomic E-state index is 0. The van der Waals surface area contributed by atoms with E-state index in [4.69, 9.17) is 5.26 Å². The van der Waals surface area contributed by atoms with Crippen LogP contribution in [0.4, 0.5) is 0 Å². The summed E-state index contributed by atoms with van der Waals surface area (Å²) in [7, 11) is 0. The van der Waals surface area contributed by atoms with Crippen molar-refractivity contribution < 1.29 is 17.1 Å². The van der Waals surface area contributed by atoms with Crippen LogP contribution in [0.2, 0.25) is 5.02 Å². The molecule has 56 valence electrons. The van der Waals surface area contributed by atoms with Crippen molar-refractivity contribution in [1.82, 2.24) is 0 Å². The average molecular weight is 257 g/mol. The van der Waals surface area contributed by atoms with Crippen LogP contribution in [0.5, 0.6) is 0 Å². The van der Waals surface area contributed by atoms with Gasteiger partial charge in [-0.3, -0.25) is 0 Å². The molecule has 10 heavy (non-hydrogen) atoms. The van der Waals surface area contributed by atoms with E-state index in [1.165, 1.54) is 30.7 Å². The molecule has 0 heterocycles. The molecule has 0 atom stereocenters. The van der Waals surface area contributed by atoms with Gasteiger partial charge in [-0.2, -0.15) is 0 Å². The Morgan fingerprint density at radius 3 is 2.50 bits per heavy atom. The quantitative estimate of drug-likeness (QED) is 0.548. The molecule has 0 aliphatic heterocycles. The molecule has 0 amide bonds. The number of nitriles is 1. The predicted molar refractivity (Wildman–Crippen MR) is 44.9 cm³/mol. The molecule has 0 aliphatic rings. The molecule has 0 radical (unpaired) electrons. The van der Waals surface area contributed by atoms with Crippen molar-refractivity contribution in [2.24, 2.45) is 0 Å². The molecule has 0 aromatic carbocycles. The fraction of sp³-hybridized carbons (Fsp3) is 0.857. The number of nitrogens with zero attached hydrogens (tertiary/aromatic N) is 1. The Morgan fingerprint density at radius 1 is 1.30 bits per heavy atom. The van der Waals surface area contributed by atoms with Gasteiger partial charge in [0.2, 0.25) is 0 Å². The van der Waals surface area contributed by atoms with E-state index in [0.29, 0.717) is 0 Å². The third-order valence-corrected chi connectivity index (χ3v) is 3.65. The van der Waals surface area contributed by atoms with Gasteiger partial charge in [0.25, 0.3) is 0 Å². The van der Waals surface area contributed by atoms with Gasteiger partial charge in [0.1, 0.15) is 0 Å². The van der Waals surface area contributed by atoms with Crippen LogP contribution >= 0.6 is 17.0 Å². The van der Waals surface area contributed by atoms with E-state index < -0.39 is 17.1 Å². The summed E-state index contributed by atoms with van der Waals surface area (Å²) in [5, 5.41) is 9.54. The first-order valence-corrected chi connectivity index (χ1v) is 7.37. The molecule has 0 unspecified atom stereocenters. The average Bonchev–Trinajstić information content (AvgIpc) is 1.89. The number of hydrogen-bond acceptors (Lipinski definition) is 1. The van der Waals surface area contributed by atoms with Crippen LogP contribution in [0.15, 0.2) is 0 Å². The van der Waals surface area contributed by atoms with Gasteiger partial charge >= 0.3 is 64.7 Å². The summed E-state index contributed by atoms with van der Waals surface area (Å²) in [6.07, 6.45) is 5.33. The number of halogens is 1. The Bertz CT molecular complexity index is 90.1. The first-order chi connectivity index (χ1) is 4.41. The van der Waals surface area contributed by atoms with Crippen molar-refractivity contribution in [2.75, 3.05) is 0 Å². The second-order valence-corrected chi connectivity index (χ2v) is 5.52. The van der Waals surface area contributed by atoms with Crippen LogP contribution in [0.1, 0.15) is 32.6 Å². The fourth-order valence-corrected chi connectivity index (χ4v) is 2.41. The van der Waals surface area contributed by atoms with E-state index in [2.05, 4.69) is 11.6 Å². The van der Waals surface area contributed by atoms with E-state index in [1.54, 1.807) is 0 Å². The van der Waals surface area contributed by atoms with Crippen LogP contribution < -0.4 is 0 Å². The second-order valence-electron chi connectivity index (χ2n) is 2.32. The van der Waals surface area contributed by atoms with Crippen molar-refractivity contribution in [1.29, 1.82) is 5.26 Å². The number of unbranched alkanes of at least 4 members (excludes halogenated alkanes) is 3. The first kappa shape index (κ1) is 13.2. The van der Waals surface area contributed by atoms with E-state index in [-0.39, 0.29) is 17.0 Å². The van der Waals surface area contributed by atoms with Gasteiger partial charge in [0.15, 0.2) is 0 Å². The first-order valence-electron chi connectivity index (χ1n) is 3.78. The molecule has 3 heteroatoms. The number of rotatable bonds is 5. The van der Waals surface area contributed by atoms with Gasteiger partial charge in [-0.15, -0.1) is 17.0 Å². The third-order valence-electron chi connectivity index (χ3n) is 1.39. The summed E-state index contributed by atoms with van der Waals surface area (Å²) in [5.74, 6) is 0. The van der Waals surface area contributed by atoms with E-state index in [0.717, 1.165) is 0 Å². The maximum absolute atomic E-state index is 8.26. The second kappa shape index (κ2) is 12.3. The van der Waals surface area contributed by atoms with Crippen LogP contribution in [0.3, 0.4) is 0 Å². The summed E-state index contributed by atoms with van der Waals surface area (Å²) in [6, 6.07) is 0.